The van der Waals surface area contributed by atoms with Crippen LogP contribution >= 0.6 is 38.9 Å². The lowest BCUT2D eigenvalue weighted by atomic mass is 10.0. The van der Waals surface area contributed by atoms with Gasteiger partial charge in [0.05, 0.1) is 8.81 Å². The molecule has 1 N–H and O–H groups in total. The van der Waals surface area contributed by atoms with Crippen LogP contribution in [0.4, 0.5) is 4.39 Å². The molecule has 19 heavy (non-hydrogen) atoms. The largest absolute Gasteiger partial charge is 0.310 e. The molecule has 1 aromatic heterocycles. The van der Waals surface area contributed by atoms with E-state index in [0.29, 0.717) is 4.47 Å². The van der Waals surface area contributed by atoms with Crippen molar-refractivity contribution in [3.8, 4) is 0 Å². The molecule has 0 radical (unpaired) electrons. The van der Waals surface area contributed by atoms with E-state index in [9.17, 15) is 4.39 Å². The number of rotatable bonds is 5. The number of nitrogens with one attached hydrogen (secondary N) is 1. The van der Waals surface area contributed by atoms with Gasteiger partial charge in [-0.3, -0.25) is 0 Å². The smallest absolute Gasteiger partial charge is 0.137 e. The Morgan fingerprint density at radius 3 is 2.74 bits per heavy atom. The van der Waals surface area contributed by atoms with Gasteiger partial charge in [-0.15, -0.1) is 11.3 Å². The van der Waals surface area contributed by atoms with Crippen molar-refractivity contribution in [1.82, 2.24) is 5.32 Å². The van der Waals surface area contributed by atoms with Crippen LogP contribution in [0.3, 0.4) is 0 Å². The van der Waals surface area contributed by atoms with Crippen molar-refractivity contribution in [1.29, 1.82) is 0 Å². The standard InChI is InChI=1S/C14H14BrClFNS/c1-2-18-13(8-10-4-6-14(16)19-10)9-3-5-12(17)11(15)7-9/h3-7,13,18H,2,8H2,1H3. The molecular formula is C14H14BrClFNS. The quantitative estimate of drug-likeness (QED) is 0.771. The summed E-state index contributed by atoms with van der Waals surface area (Å²) >= 11 is 10.8. The molecule has 1 nitrogen and oxygen atoms in total. The number of hydrogen-bond acceptors (Lipinski definition) is 2. The third-order valence-corrected chi connectivity index (χ3v) is 4.69. The van der Waals surface area contributed by atoms with Crippen LogP contribution in [0, 0.1) is 5.82 Å². The van der Waals surface area contributed by atoms with Crippen LogP contribution < -0.4 is 5.32 Å². The van der Waals surface area contributed by atoms with E-state index < -0.39 is 0 Å². The minimum atomic E-state index is -0.238. The Morgan fingerprint density at radius 1 is 1.37 bits per heavy atom. The molecule has 0 bridgehead atoms. The van der Waals surface area contributed by atoms with Gasteiger partial charge in [-0.25, -0.2) is 4.39 Å². The molecule has 0 aliphatic heterocycles. The molecule has 5 heteroatoms. The minimum absolute atomic E-state index is 0.164. The van der Waals surface area contributed by atoms with Crippen molar-refractivity contribution in [3.63, 3.8) is 0 Å². The van der Waals surface area contributed by atoms with E-state index in [1.165, 1.54) is 10.9 Å². The lowest BCUT2D eigenvalue weighted by Crippen LogP contribution is -2.22. The Labute approximate surface area is 129 Å². The lowest BCUT2D eigenvalue weighted by molar-refractivity contribution is 0.550. The number of likely N-dealkylation sites (N-methyl/N-ethyl adjacent to an activating group) is 1. The maximum absolute atomic E-state index is 13.3. The van der Waals surface area contributed by atoms with Gasteiger partial charge in [-0.1, -0.05) is 24.6 Å². The monoisotopic (exact) mass is 361 g/mol. The summed E-state index contributed by atoms with van der Waals surface area (Å²) < 4.78 is 14.6. The molecule has 0 amide bonds. The van der Waals surface area contributed by atoms with E-state index in [4.69, 9.17) is 11.6 Å². The summed E-state index contributed by atoms with van der Waals surface area (Å²) in [6.07, 6.45) is 0.850. The average Bonchev–Trinajstić information content (AvgIpc) is 2.78. The van der Waals surface area contributed by atoms with Gasteiger partial charge in [0.2, 0.25) is 0 Å². The highest BCUT2D eigenvalue weighted by molar-refractivity contribution is 9.10. The van der Waals surface area contributed by atoms with E-state index in [0.717, 1.165) is 22.9 Å². The Balaban J connectivity index is 2.21. The predicted molar refractivity (Wildman–Crippen MR) is 83.6 cm³/mol. The zero-order valence-corrected chi connectivity index (χ0v) is 13.6. The summed E-state index contributed by atoms with van der Waals surface area (Å²) in [5, 5.41) is 3.42. The van der Waals surface area contributed by atoms with E-state index in [1.54, 1.807) is 11.3 Å². The molecule has 0 fully saturated rings. The van der Waals surface area contributed by atoms with Crippen LogP contribution in [0.25, 0.3) is 0 Å². The molecule has 0 saturated carbocycles. The SMILES string of the molecule is CCNC(Cc1ccc(Cl)s1)c1ccc(F)c(Br)c1. The fraction of sp³-hybridized carbons (Fsp3) is 0.286. The molecule has 1 aromatic carbocycles. The summed E-state index contributed by atoms with van der Waals surface area (Å²) in [6.45, 7) is 2.92. The van der Waals surface area contributed by atoms with Gasteiger partial charge in [0.1, 0.15) is 5.82 Å². The predicted octanol–water partition coefficient (Wildman–Crippen LogP) is 5.20. The van der Waals surface area contributed by atoms with Gasteiger partial charge in [0.15, 0.2) is 0 Å². The Morgan fingerprint density at radius 2 is 2.16 bits per heavy atom. The first-order valence-corrected chi connectivity index (χ1v) is 8.01. The van der Waals surface area contributed by atoms with Crippen molar-refractivity contribution in [2.24, 2.45) is 0 Å². The van der Waals surface area contributed by atoms with Crippen molar-refractivity contribution >= 4 is 38.9 Å². The van der Waals surface area contributed by atoms with Crippen molar-refractivity contribution in [2.75, 3.05) is 6.54 Å². The van der Waals surface area contributed by atoms with E-state index in [-0.39, 0.29) is 11.9 Å². The first kappa shape index (κ1) is 15.0. The van der Waals surface area contributed by atoms with Crippen molar-refractivity contribution in [3.05, 3.63) is 55.4 Å². The average molecular weight is 363 g/mol. The lowest BCUT2D eigenvalue weighted by Gasteiger charge is -2.18. The maximum atomic E-state index is 13.3. The highest BCUT2D eigenvalue weighted by Crippen LogP contribution is 2.28. The third-order valence-electron chi connectivity index (χ3n) is 2.83. The second kappa shape index (κ2) is 6.84. The molecule has 1 unspecified atom stereocenters. The number of halogens is 3. The van der Waals surface area contributed by atoms with Crippen LogP contribution in [-0.4, -0.2) is 6.54 Å². The first-order valence-electron chi connectivity index (χ1n) is 6.02. The van der Waals surface area contributed by atoms with Crippen LogP contribution in [0.1, 0.15) is 23.4 Å². The third kappa shape index (κ3) is 4.02. The second-order valence-electron chi connectivity index (χ2n) is 4.19. The highest BCUT2D eigenvalue weighted by atomic mass is 79.9. The Kier molecular flexibility index (Phi) is 5.39. The number of thiophene rings is 1. The summed E-state index contributed by atoms with van der Waals surface area (Å²) in [6, 6.07) is 9.25. The molecule has 2 aromatic rings. The fourth-order valence-electron chi connectivity index (χ4n) is 1.95. The molecule has 2 rings (SSSR count). The summed E-state index contributed by atoms with van der Waals surface area (Å²) in [4.78, 5) is 1.22. The fourth-order valence-corrected chi connectivity index (χ4v) is 3.48. The topological polar surface area (TPSA) is 12.0 Å². The van der Waals surface area contributed by atoms with Crippen LogP contribution in [-0.2, 0) is 6.42 Å². The normalized spacial score (nSPS) is 12.6. The molecule has 0 spiro atoms. The van der Waals surface area contributed by atoms with Gasteiger partial charge in [-0.2, -0.15) is 0 Å². The van der Waals surface area contributed by atoms with Crippen molar-refractivity contribution in [2.45, 2.75) is 19.4 Å². The summed E-state index contributed by atoms with van der Waals surface area (Å²) in [7, 11) is 0. The molecule has 0 aliphatic rings. The van der Waals surface area contributed by atoms with Crippen LogP contribution in [0.2, 0.25) is 4.34 Å². The minimum Gasteiger partial charge on any atom is -0.310 e. The Hall–Kier alpha value is -0.420. The number of benzene rings is 1. The summed E-state index contributed by atoms with van der Waals surface area (Å²) in [5.41, 5.74) is 1.07. The van der Waals surface area contributed by atoms with Gasteiger partial charge in [0.25, 0.3) is 0 Å². The van der Waals surface area contributed by atoms with E-state index >= 15 is 0 Å². The molecule has 102 valence electrons. The highest BCUT2D eigenvalue weighted by Gasteiger charge is 2.14. The second-order valence-corrected chi connectivity index (χ2v) is 6.85. The van der Waals surface area contributed by atoms with Crippen LogP contribution in [0.5, 0.6) is 0 Å². The maximum Gasteiger partial charge on any atom is 0.137 e. The zero-order valence-electron chi connectivity index (χ0n) is 10.4. The van der Waals surface area contributed by atoms with E-state index in [2.05, 4.69) is 28.2 Å². The summed E-state index contributed by atoms with van der Waals surface area (Å²) in [5.74, 6) is -0.238. The van der Waals surface area contributed by atoms with E-state index in [1.807, 2.05) is 24.3 Å². The van der Waals surface area contributed by atoms with Gasteiger partial charge >= 0.3 is 0 Å². The Bertz CT molecular complexity index is 558. The van der Waals surface area contributed by atoms with Gasteiger partial charge in [0, 0.05) is 17.3 Å². The first-order chi connectivity index (χ1) is 9.10. The molecular weight excluding hydrogens is 349 g/mol. The zero-order chi connectivity index (χ0) is 13.8. The molecule has 1 atom stereocenters. The molecule has 0 saturated heterocycles. The molecule has 0 aliphatic carbocycles. The van der Waals surface area contributed by atoms with Crippen LogP contribution in [0.15, 0.2) is 34.8 Å². The number of hydrogen-bond donors (Lipinski definition) is 1. The van der Waals surface area contributed by atoms with Gasteiger partial charge in [-0.05, 0) is 52.3 Å². The van der Waals surface area contributed by atoms with Gasteiger partial charge < -0.3 is 5.32 Å². The molecule has 1 heterocycles. The van der Waals surface area contributed by atoms with Crippen molar-refractivity contribution < 1.29 is 4.39 Å².